The SMILES string of the molecule is C=CCn1cc(C)c2c(Cl)ncnc21. The van der Waals surface area contributed by atoms with Gasteiger partial charge in [0.1, 0.15) is 17.1 Å². The first-order valence-corrected chi connectivity index (χ1v) is 4.68. The van der Waals surface area contributed by atoms with Crippen LogP contribution in [0.2, 0.25) is 5.15 Å². The molecule has 0 amide bonds. The van der Waals surface area contributed by atoms with Crippen molar-refractivity contribution in [2.24, 2.45) is 0 Å². The molecule has 0 aromatic carbocycles. The second-order valence-corrected chi connectivity index (χ2v) is 3.47. The van der Waals surface area contributed by atoms with Gasteiger partial charge < -0.3 is 4.57 Å². The van der Waals surface area contributed by atoms with Gasteiger partial charge in [0.2, 0.25) is 0 Å². The number of allylic oxidation sites excluding steroid dienone is 1. The fourth-order valence-corrected chi connectivity index (χ4v) is 1.83. The van der Waals surface area contributed by atoms with Crippen LogP contribution in [0, 0.1) is 6.92 Å². The van der Waals surface area contributed by atoms with Crippen molar-refractivity contribution < 1.29 is 0 Å². The van der Waals surface area contributed by atoms with Crippen molar-refractivity contribution in [3.63, 3.8) is 0 Å². The van der Waals surface area contributed by atoms with Gasteiger partial charge in [-0.2, -0.15) is 0 Å². The van der Waals surface area contributed by atoms with E-state index in [0.717, 1.165) is 23.1 Å². The zero-order valence-corrected chi connectivity index (χ0v) is 8.62. The molecule has 0 spiro atoms. The summed E-state index contributed by atoms with van der Waals surface area (Å²) in [5, 5.41) is 1.44. The van der Waals surface area contributed by atoms with Gasteiger partial charge in [-0.05, 0) is 12.5 Å². The van der Waals surface area contributed by atoms with E-state index in [2.05, 4.69) is 16.5 Å². The Labute approximate surface area is 87.0 Å². The van der Waals surface area contributed by atoms with Gasteiger partial charge in [-0.1, -0.05) is 17.7 Å². The van der Waals surface area contributed by atoms with Gasteiger partial charge in [-0.25, -0.2) is 9.97 Å². The maximum atomic E-state index is 5.99. The topological polar surface area (TPSA) is 30.7 Å². The van der Waals surface area contributed by atoms with Crippen molar-refractivity contribution >= 4 is 22.6 Å². The highest BCUT2D eigenvalue weighted by molar-refractivity contribution is 6.34. The Kier molecular flexibility index (Phi) is 2.25. The smallest absolute Gasteiger partial charge is 0.145 e. The predicted molar refractivity (Wildman–Crippen MR) is 57.5 cm³/mol. The molecule has 72 valence electrons. The van der Waals surface area contributed by atoms with Crippen LogP contribution in [0.3, 0.4) is 0 Å². The Morgan fingerprint density at radius 1 is 1.57 bits per heavy atom. The first-order valence-electron chi connectivity index (χ1n) is 4.31. The summed E-state index contributed by atoms with van der Waals surface area (Å²) in [6.45, 7) is 6.43. The summed E-state index contributed by atoms with van der Waals surface area (Å²) < 4.78 is 2.01. The summed E-state index contributed by atoms with van der Waals surface area (Å²) in [6.07, 6.45) is 5.31. The Morgan fingerprint density at radius 3 is 3.07 bits per heavy atom. The van der Waals surface area contributed by atoms with Gasteiger partial charge >= 0.3 is 0 Å². The average Bonchev–Trinajstić information content (AvgIpc) is 2.46. The third-order valence-corrected chi connectivity index (χ3v) is 2.41. The molecule has 0 fully saturated rings. The molecule has 0 saturated carbocycles. The van der Waals surface area contributed by atoms with Crippen LogP contribution >= 0.6 is 11.6 Å². The van der Waals surface area contributed by atoms with Crippen molar-refractivity contribution in [2.75, 3.05) is 0 Å². The highest BCUT2D eigenvalue weighted by atomic mass is 35.5. The van der Waals surface area contributed by atoms with Crippen LogP contribution in [-0.2, 0) is 6.54 Å². The molecular formula is C10H10ClN3. The van der Waals surface area contributed by atoms with Gasteiger partial charge in [0.15, 0.2) is 0 Å². The number of aromatic nitrogens is 3. The molecule has 0 saturated heterocycles. The molecule has 0 aliphatic carbocycles. The molecule has 0 aliphatic rings. The van der Waals surface area contributed by atoms with E-state index in [1.54, 1.807) is 0 Å². The molecule has 0 aliphatic heterocycles. The van der Waals surface area contributed by atoms with Crippen LogP contribution in [0.5, 0.6) is 0 Å². The lowest BCUT2D eigenvalue weighted by Crippen LogP contribution is -1.94. The van der Waals surface area contributed by atoms with Crippen molar-refractivity contribution in [1.82, 2.24) is 14.5 Å². The van der Waals surface area contributed by atoms with Crippen molar-refractivity contribution in [2.45, 2.75) is 13.5 Å². The van der Waals surface area contributed by atoms with E-state index in [-0.39, 0.29) is 0 Å². The molecule has 14 heavy (non-hydrogen) atoms. The number of aryl methyl sites for hydroxylation is 1. The summed E-state index contributed by atoms with van der Waals surface area (Å²) in [6, 6.07) is 0. The first-order chi connectivity index (χ1) is 6.74. The summed E-state index contributed by atoms with van der Waals surface area (Å²) in [5.41, 5.74) is 1.95. The second-order valence-electron chi connectivity index (χ2n) is 3.12. The molecule has 0 atom stereocenters. The third-order valence-electron chi connectivity index (χ3n) is 2.12. The second kappa shape index (κ2) is 3.42. The zero-order chi connectivity index (χ0) is 10.1. The van der Waals surface area contributed by atoms with Crippen LogP contribution in [0.1, 0.15) is 5.56 Å². The maximum Gasteiger partial charge on any atom is 0.145 e. The fourth-order valence-electron chi connectivity index (χ4n) is 1.55. The number of halogens is 1. The van der Waals surface area contributed by atoms with Crippen molar-refractivity contribution in [3.8, 4) is 0 Å². The molecule has 2 rings (SSSR count). The van der Waals surface area contributed by atoms with Crippen LogP contribution in [0.4, 0.5) is 0 Å². The van der Waals surface area contributed by atoms with E-state index in [1.165, 1.54) is 6.33 Å². The summed E-state index contributed by atoms with van der Waals surface area (Å²) in [5.74, 6) is 0. The molecular weight excluding hydrogens is 198 g/mol. The Balaban J connectivity index is 2.77. The van der Waals surface area contributed by atoms with Gasteiger partial charge in [-0.3, -0.25) is 0 Å². The Morgan fingerprint density at radius 2 is 2.36 bits per heavy atom. The number of hydrogen-bond donors (Lipinski definition) is 0. The van der Waals surface area contributed by atoms with E-state index < -0.39 is 0 Å². The van der Waals surface area contributed by atoms with Gasteiger partial charge in [-0.15, -0.1) is 6.58 Å². The molecule has 0 N–H and O–H groups in total. The minimum Gasteiger partial charge on any atom is -0.328 e. The summed E-state index contributed by atoms with van der Waals surface area (Å²) in [7, 11) is 0. The Hall–Kier alpha value is -1.35. The van der Waals surface area contributed by atoms with E-state index >= 15 is 0 Å². The third kappa shape index (κ3) is 1.30. The quantitative estimate of drug-likeness (QED) is 0.560. The lowest BCUT2D eigenvalue weighted by Gasteiger charge is -1.98. The number of rotatable bonds is 2. The fraction of sp³-hybridized carbons (Fsp3) is 0.200. The molecule has 4 heteroatoms. The summed E-state index contributed by atoms with van der Waals surface area (Å²) >= 11 is 5.99. The molecule has 0 unspecified atom stereocenters. The minimum atomic E-state index is 0.510. The number of nitrogens with zero attached hydrogens (tertiary/aromatic N) is 3. The monoisotopic (exact) mass is 207 g/mol. The predicted octanol–water partition coefficient (Wildman–Crippen LogP) is 2.58. The van der Waals surface area contributed by atoms with Crippen LogP contribution < -0.4 is 0 Å². The van der Waals surface area contributed by atoms with Crippen LogP contribution in [0.25, 0.3) is 11.0 Å². The molecule has 2 aromatic heterocycles. The number of hydrogen-bond acceptors (Lipinski definition) is 2. The number of fused-ring (bicyclic) bond motifs is 1. The zero-order valence-electron chi connectivity index (χ0n) is 7.87. The average molecular weight is 208 g/mol. The van der Waals surface area contributed by atoms with Crippen molar-refractivity contribution in [3.05, 3.63) is 35.9 Å². The van der Waals surface area contributed by atoms with E-state index in [1.807, 2.05) is 23.8 Å². The first kappa shape index (κ1) is 9.21. The molecule has 0 radical (unpaired) electrons. The van der Waals surface area contributed by atoms with E-state index in [0.29, 0.717) is 5.15 Å². The highest BCUT2D eigenvalue weighted by Gasteiger charge is 2.09. The van der Waals surface area contributed by atoms with Crippen LogP contribution in [0.15, 0.2) is 25.2 Å². The van der Waals surface area contributed by atoms with Gasteiger partial charge in [0, 0.05) is 12.7 Å². The lowest BCUT2D eigenvalue weighted by atomic mass is 10.3. The normalized spacial score (nSPS) is 10.7. The summed E-state index contributed by atoms with van der Waals surface area (Å²) in [4.78, 5) is 8.16. The molecule has 2 heterocycles. The van der Waals surface area contributed by atoms with Crippen LogP contribution in [-0.4, -0.2) is 14.5 Å². The van der Waals surface area contributed by atoms with Gasteiger partial charge in [0.05, 0.1) is 5.39 Å². The minimum absolute atomic E-state index is 0.510. The lowest BCUT2D eigenvalue weighted by molar-refractivity contribution is 0.847. The standard InChI is InChI=1S/C10H10ClN3/c1-3-4-14-5-7(2)8-9(11)12-6-13-10(8)14/h3,5-6H,1,4H2,2H3. The Bertz CT molecular complexity index is 487. The highest BCUT2D eigenvalue weighted by Crippen LogP contribution is 2.24. The molecule has 0 bridgehead atoms. The largest absolute Gasteiger partial charge is 0.328 e. The molecule has 3 nitrogen and oxygen atoms in total. The van der Waals surface area contributed by atoms with E-state index in [4.69, 9.17) is 11.6 Å². The molecule has 2 aromatic rings. The van der Waals surface area contributed by atoms with Gasteiger partial charge in [0.25, 0.3) is 0 Å². The van der Waals surface area contributed by atoms with E-state index in [9.17, 15) is 0 Å². The van der Waals surface area contributed by atoms with Crippen molar-refractivity contribution in [1.29, 1.82) is 0 Å². The maximum absolute atomic E-state index is 5.99.